The van der Waals surface area contributed by atoms with Crippen molar-refractivity contribution in [2.45, 2.75) is 39.2 Å². The van der Waals surface area contributed by atoms with Crippen molar-refractivity contribution in [2.24, 2.45) is 7.05 Å². The third kappa shape index (κ3) is 4.37. The minimum absolute atomic E-state index is 0.0251. The molecular formula is C29H28FN3O3. The summed E-state index contributed by atoms with van der Waals surface area (Å²) in [6, 6.07) is 14.6. The number of aryl methyl sites for hydroxylation is 3. The topological polar surface area (TPSA) is 75.4 Å². The maximum atomic E-state index is 15.2. The standard InChI is InChI=1S/C29H28FN3O3/c1-17-4-5-21(10-18(17)2)29(36)33-9-8-19-6-7-20(11-22(19)15-33)23(13-28(34)35)24-12-26-27(14-25(24)30)32(3)16-31-26/h4-7,10-12,14,16,23H,8-9,13,15H2,1-3H3,(H,34,35)/t23-/m1/s1. The lowest BCUT2D eigenvalue weighted by molar-refractivity contribution is -0.137. The predicted octanol–water partition coefficient (Wildman–Crippen LogP) is 5.13. The molecule has 7 heteroatoms. The van der Waals surface area contributed by atoms with Crippen molar-refractivity contribution >= 4 is 22.9 Å². The van der Waals surface area contributed by atoms with E-state index in [2.05, 4.69) is 4.98 Å². The average Bonchev–Trinajstić information content (AvgIpc) is 3.22. The monoisotopic (exact) mass is 485 g/mol. The van der Waals surface area contributed by atoms with Crippen LogP contribution in [-0.2, 0) is 24.8 Å². The molecule has 0 saturated heterocycles. The number of carbonyl (C=O) groups is 2. The number of rotatable bonds is 5. The van der Waals surface area contributed by atoms with Crippen LogP contribution in [0.2, 0.25) is 0 Å². The zero-order valence-electron chi connectivity index (χ0n) is 20.6. The second-order valence-electron chi connectivity index (χ2n) is 9.67. The number of amides is 1. The molecule has 1 amide bonds. The van der Waals surface area contributed by atoms with Crippen LogP contribution in [0.5, 0.6) is 0 Å². The van der Waals surface area contributed by atoms with E-state index in [0.717, 1.165) is 22.3 Å². The van der Waals surface area contributed by atoms with Gasteiger partial charge in [0.15, 0.2) is 0 Å². The Balaban J connectivity index is 1.49. The number of halogens is 1. The normalized spacial score (nSPS) is 14.1. The quantitative estimate of drug-likeness (QED) is 0.425. The fourth-order valence-electron chi connectivity index (χ4n) is 5.04. The summed E-state index contributed by atoms with van der Waals surface area (Å²) in [4.78, 5) is 31.1. The Hall–Kier alpha value is -4.00. The van der Waals surface area contributed by atoms with Crippen molar-refractivity contribution in [1.29, 1.82) is 0 Å². The van der Waals surface area contributed by atoms with Crippen LogP contribution in [0.3, 0.4) is 0 Å². The van der Waals surface area contributed by atoms with Crippen LogP contribution in [0.15, 0.2) is 54.9 Å². The molecule has 0 saturated carbocycles. The van der Waals surface area contributed by atoms with Crippen LogP contribution in [0.25, 0.3) is 11.0 Å². The lowest BCUT2D eigenvalue weighted by Crippen LogP contribution is -2.36. The first-order valence-electron chi connectivity index (χ1n) is 12.0. The molecule has 1 N–H and O–H groups in total. The summed E-state index contributed by atoms with van der Waals surface area (Å²) in [6.45, 7) is 5.05. The zero-order chi connectivity index (χ0) is 25.6. The molecule has 0 aliphatic carbocycles. The van der Waals surface area contributed by atoms with Crippen LogP contribution in [0, 0.1) is 19.7 Å². The summed E-state index contributed by atoms with van der Waals surface area (Å²) in [5.41, 5.74) is 7.25. The molecule has 36 heavy (non-hydrogen) atoms. The maximum absolute atomic E-state index is 15.2. The van der Waals surface area contributed by atoms with E-state index >= 15 is 4.39 Å². The highest BCUT2D eigenvalue weighted by Gasteiger charge is 2.26. The van der Waals surface area contributed by atoms with E-state index in [0.29, 0.717) is 47.2 Å². The Kier molecular flexibility index (Phi) is 6.08. The van der Waals surface area contributed by atoms with Gasteiger partial charge in [-0.1, -0.05) is 24.3 Å². The van der Waals surface area contributed by atoms with Crippen molar-refractivity contribution in [3.63, 3.8) is 0 Å². The van der Waals surface area contributed by atoms with Gasteiger partial charge in [-0.3, -0.25) is 9.59 Å². The van der Waals surface area contributed by atoms with Crippen molar-refractivity contribution in [3.05, 3.63) is 99.6 Å². The number of aromatic nitrogens is 2. The molecule has 4 aromatic rings. The molecule has 5 rings (SSSR count). The van der Waals surface area contributed by atoms with E-state index in [1.54, 1.807) is 24.0 Å². The number of nitrogens with zero attached hydrogens (tertiary/aromatic N) is 3. The summed E-state index contributed by atoms with van der Waals surface area (Å²) in [5.74, 6) is -2.17. The Bertz CT molecular complexity index is 1510. The molecule has 0 bridgehead atoms. The molecule has 0 radical (unpaired) electrons. The minimum Gasteiger partial charge on any atom is -0.481 e. The van der Waals surface area contributed by atoms with Crippen molar-refractivity contribution in [2.75, 3.05) is 6.54 Å². The molecule has 0 fully saturated rings. The Morgan fingerprint density at radius 3 is 2.61 bits per heavy atom. The fourth-order valence-corrected chi connectivity index (χ4v) is 5.04. The first-order valence-corrected chi connectivity index (χ1v) is 12.0. The summed E-state index contributed by atoms with van der Waals surface area (Å²) < 4.78 is 17.0. The van der Waals surface area contributed by atoms with Gasteiger partial charge in [0.2, 0.25) is 0 Å². The number of hydrogen-bond donors (Lipinski definition) is 1. The van der Waals surface area contributed by atoms with Gasteiger partial charge < -0.3 is 14.6 Å². The lowest BCUT2D eigenvalue weighted by Gasteiger charge is -2.30. The first-order chi connectivity index (χ1) is 17.2. The summed E-state index contributed by atoms with van der Waals surface area (Å²) in [7, 11) is 1.79. The Morgan fingerprint density at radius 2 is 1.86 bits per heavy atom. The molecule has 1 aliphatic heterocycles. The highest BCUT2D eigenvalue weighted by atomic mass is 19.1. The second-order valence-corrected chi connectivity index (χ2v) is 9.67. The average molecular weight is 486 g/mol. The van der Waals surface area contributed by atoms with Crippen LogP contribution in [0.4, 0.5) is 4.39 Å². The van der Waals surface area contributed by atoms with Gasteiger partial charge in [0.25, 0.3) is 5.91 Å². The first kappa shape index (κ1) is 23.7. The van der Waals surface area contributed by atoms with Crippen LogP contribution in [0.1, 0.15) is 56.1 Å². The molecule has 6 nitrogen and oxygen atoms in total. The van der Waals surface area contributed by atoms with Gasteiger partial charge >= 0.3 is 5.97 Å². The highest BCUT2D eigenvalue weighted by Crippen LogP contribution is 2.34. The van der Waals surface area contributed by atoms with Gasteiger partial charge in [0.1, 0.15) is 5.82 Å². The molecule has 0 spiro atoms. The number of fused-ring (bicyclic) bond motifs is 2. The molecule has 1 aromatic heterocycles. The van der Waals surface area contributed by atoms with E-state index < -0.39 is 17.7 Å². The number of imidazole rings is 1. The number of hydrogen-bond acceptors (Lipinski definition) is 3. The molecule has 3 aromatic carbocycles. The molecular weight excluding hydrogens is 457 g/mol. The van der Waals surface area contributed by atoms with Crippen molar-refractivity contribution < 1.29 is 19.1 Å². The number of aliphatic carboxylic acids is 1. The van der Waals surface area contributed by atoms with Crippen LogP contribution < -0.4 is 0 Å². The maximum Gasteiger partial charge on any atom is 0.304 e. The van der Waals surface area contributed by atoms with E-state index in [1.165, 1.54) is 6.07 Å². The number of carbonyl (C=O) groups excluding carboxylic acids is 1. The highest BCUT2D eigenvalue weighted by molar-refractivity contribution is 5.94. The summed E-state index contributed by atoms with van der Waals surface area (Å²) in [6.07, 6.45) is 2.07. The van der Waals surface area contributed by atoms with Crippen LogP contribution in [-0.4, -0.2) is 38.0 Å². The Morgan fingerprint density at radius 1 is 1.06 bits per heavy atom. The van der Waals surface area contributed by atoms with Gasteiger partial charge in [-0.05, 0) is 71.8 Å². The van der Waals surface area contributed by atoms with Crippen LogP contribution >= 0.6 is 0 Å². The van der Waals surface area contributed by atoms with Gasteiger partial charge in [-0.15, -0.1) is 0 Å². The van der Waals surface area contributed by atoms with Crippen molar-refractivity contribution in [3.8, 4) is 0 Å². The third-order valence-electron chi connectivity index (χ3n) is 7.28. The van der Waals surface area contributed by atoms with E-state index in [1.807, 2.05) is 55.1 Å². The van der Waals surface area contributed by atoms with E-state index in [4.69, 9.17) is 0 Å². The van der Waals surface area contributed by atoms with Gasteiger partial charge in [0, 0.05) is 37.7 Å². The number of benzene rings is 3. The lowest BCUT2D eigenvalue weighted by atomic mass is 9.85. The van der Waals surface area contributed by atoms with E-state index in [9.17, 15) is 14.7 Å². The zero-order valence-corrected chi connectivity index (χ0v) is 20.6. The third-order valence-corrected chi connectivity index (χ3v) is 7.28. The van der Waals surface area contributed by atoms with Crippen molar-refractivity contribution in [1.82, 2.24) is 14.5 Å². The number of carboxylic acids is 1. The smallest absolute Gasteiger partial charge is 0.304 e. The molecule has 2 heterocycles. The molecule has 184 valence electrons. The van der Waals surface area contributed by atoms with Gasteiger partial charge in [-0.2, -0.15) is 0 Å². The van der Waals surface area contributed by atoms with Gasteiger partial charge in [-0.25, -0.2) is 9.37 Å². The van der Waals surface area contributed by atoms with E-state index in [-0.39, 0.29) is 12.3 Å². The summed E-state index contributed by atoms with van der Waals surface area (Å²) in [5, 5.41) is 9.64. The number of carboxylic acid groups (broad SMARTS) is 1. The SMILES string of the molecule is Cc1ccc(C(=O)N2CCc3ccc([C@@H](CC(=O)O)c4cc5ncn(C)c5cc4F)cc3C2)cc1C. The largest absolute Gasteiger partial charge is 0.481 e. The molecule has 0 unspecified atom stereocenters. The molecule has 1 aliphatic rings. The predicted molar refractivity (Wildman–Crippen MR) is 136 cm³/mol. The second kappa shape index (κ2) is 9.22. The molecule has 1 atom stereocenters. The minimum atomic E-state index is -1.01. The Labute approximate surface area is 209 Å². The van der Waals surface area contributed by atoms with Gasteiger partial charge in [0.05, 0.1) is 23.8 Å². The summed E-state index contributed by atoms with van der Waals surface area (Å²) >= 11 is 0. The fraction of sp³-hybridized carbons (Fsp3) is 0.276.